The highest BCUT2D eigenvalue weighted by Gasteiger charge is 2.40. The van der Waals surface area contributed by atoms with Gasteiger partial charge in [0.15, 0.2) is 0 Å². The molecule has 1 unspecified atom stereocenters. The molecule has 0 saturated heterocycles. The Morgan fingerprint density at radius 2 is 1.83 bits per heavy atom. The zero-order chi connectivity index (χ0) is 21.6. The summed E-state index contributed by atoms with van der Waals surface area (Å²) >= 11 is 0. The molecule has 2 aromatic heterocycles. The van der Waals surface area contributed by atoms with Crippen molar-refractivity contribution < 1.29 is 26.7 Å². The first-order valence-electron chi connectivity index (χ1n) is 8.94. The van der Waals surface area contributed by atoms with Gasteiger partial charge in [-0.1, -0.05) is 0 Å². The number of hydrogen-bond acceptors (Lipinski definition) is 3. The maximum atomic E-state index is 13.8. The van der Waals surface area contributed by atoms with Gasteiger partial charge < -0.3 is 4.90 Å². The van der Waals surface area contributed by atoms with Crippen LogP contribution >= 0.6 is 0 Å². The van der Waals surface area contributed by atoms with Gasteiger partial charge in [-0.05, 0) is 48.9 Å². The number of pyridine rings is 1. The lowest BCUT2D eigenvalue weighted by Gasteiger charge is -2.33. The summed E-state index contributed by atoms with van der Waals surface area (Å²) < 4.78 is 67.0. The number of fused-ring (bicyclic) bond motifs is 1. The standard InChI is InChI=1S/C20H15F5N4O/c1-11-8-12(6-7-26-11)15-9-27-29-16(18(21)22)10-28(19(30)17(15)29)14-4-2-13(3-5-14)20(23,24)25/h2-9,16,18H,10H2,1H3. The number of amides is 1. The molecule has 0 radical (unpaired) electrons. The lowest BCUT2D eigenvalue weighted by Crippen LogP contribution is -2.46. The zero-order valence-corrected chi connectivity index (χ0v) is 15.6. The van der Waals surface area contributed by atoms with E-state index in [2.05, 4.69) is 10.1 Å². The van der Waals surface area contributed by atoms with Crippen LogP contribution in [-0.2, 0) is 6.18 Å². The van der Waals surface area contributed by atoms with Gasteiger partial charge in [0.2, 0.25) is 0 Å². The number of benzene rings is 1. The molecule has 4 rings (SSSR count). The summed E-state index contributed by atoms with van der Waals surface area (Å²) in [5.41, 5.74) is 0.770. The van der Waals surface area contributed by atoms with Crippen LogP contribution in [0.25, 0.3) is 11.1 Å². The smallest absolute Gasteiger partial charge is 0.305 e. The van der Waals surface area contributed by atoms with Crippen LogP contribution in [0.3, 0.4) is 0 Å². The Balaban J connectivity index is 1.80. The van der Waals surface area contributed by atoms with E-state index in [1.807, 2.05) is 0 Å². The van der Waals surface area contributed by atoms with Crippen LogP contribution in [0.15, 0.2) is 48.8 Å². The molecule has 10 heteroatoms. The largest absolute Gasteiger partial charge is 0.416 e. The predicted octanol–water partition coefficient (Wildman–Crippen LogP) is 4.74. The molecule has 1 aromatic carbocycles. The van der Waals surface area contributed by atoms with Crippen molar-refractivity contribution in [1.82, 2.24) is 14.8 Å². The second kappa shape index (κ2) is 7.19. The van der Waals surface area contributed by atoms with E-state index in [4.69, 9.17) is 0 Å². The van der Waals surface area contributed by atoms with Crippen molar-refractivity contribution in [1.29, 1.82) is 0 Å². The van der Waals surface area contributed by atoms with Crippen molar-refractivity contribution in [2.24, 2.45) is 0 Å². The van der Waals surface area contributed by atoms with Gasteiger partial charge in [0.1, 0.15) is 11.7 Å². The molecule has 30 heavy (non-hydrogen) atoms. The van der Waals surface area contributed by atoms with Gasteiger partial charge in [-0.25, -0.2) is 13.5 Å². The second-order valence-electron chi connectivity index (χ2n) is 6.90. The highest BCUT2D eigenvalue weighted by molar-refractivity contribution is 6.09. The molecule has 1 amide bonds. The van der Waals surface area contributed by atoms with Gasteiger partial charge in [0.25, 0.3) is 12.3 Å². The van der Waals surface area contributed by atoms with E-state index in [1.165, 1.54) is 12.4 Å². The molecule has 3 heterocycles. The summed E-state index contributed by atoms with van der Waals surface area (Å²) in [6.45, 7) is 1.34. The van der Waals surface area contributed by atoms with Gasteiger partial charge in [0, 0.05) is 23.1 Å². The number of carbonyl (C=O) groups excluding carboxylic acids is 1. The second-order valence-corrected chi connectivity index (χ2v) is 6.90. The molecule has 3 aromatic rings. The van der Waals surface area contributed by atoms with Gasteiger partial charge in [-0.2, -0.15) is 18.3 Å². The number of halogens is 5. The first-order chi connectivity index (χ1) is 14.2. The first kappa shape index (κ1) is 20.0. The topological polar surface area (TPSA) is 51.0 Å². The predicted molar refractivity (Wildman–Crippen MR) is 98.4 cm³/mol. The Bertz CT molecular complexity index is 1090. The molecule has 1 aliphatic heterocycles. The molecule has 1 aliphatic rings. The third kappa shape index (κ3) is 3.42. The van der Waals surface area contributed by atoms with Crippen molar-refractivity contribution in [2.45, 2.75) is 25.6 Å². The van der Waals surface area contributed by atoms with Crippen LogP contribution in [0, 0.1) is 6.92 Å². The minimum absolute atomic E-state index is 0.0444. The molecule has 5 nitrogen and oxygen atoms in total. The quantitative estimate of drug-likeness (QED) is 0.573. The Hall–Kier alpha value is -3.30. The summed E-state index contributed by atoms with van der Waals surface area (Å²) in [6.07, 6.45) is -4.50. The molecule has 0 fully saturated rings. The average molecular weight is 422 g/mol. The molecule has 1 atom stereocenters. The molecule has 0 bridgehead atoms. The Morgan fingerprint density at radius 1 is 1.13 bits per heavy atom. The summed E-state index contributed by atoms with van der Waals surface area (Å²) in [5.74, 6) is -0.617. The fourth-order valence-corrected chi connectivity index (χ4v) is 3.47. The number of aromatic nitrogens is 3. The molecule has 0 saturated carbocycles. The Kier molecular flexibility index (Phi) is 4.79. The van der Waals surface area contributed by atoms with Crippen molar-refractivity contribution >= 4 is 11.6 Å². The Labute approximate surface area is 167 Å². The Morgan fingerprint density at radius 3 is 2.43 bits per heavy atom. The first-order valence-corrected chi connectivity index (χ1v) is 8.94. The number of carbonyl (C=O) groups is 1. The fourth-order valence-electron chi connectivity index (χ4n) is 3.47. The highest BCUT2D eigenvalue weighted by Crippen LogP contribution is 2.36. The van der Waals surface area contributed by atoms with Crippen LogP contribution in [0.1, 0.15) is 27.8 Å². The van der Waals surface area contributed by atoms with Crippen LogP contribution in [0.2, 0.25) is 0 Å². The van der Waals surface area contributed by atoms with Gasteiger partial charge >= 0.3 is 6.18 Å². The number of alkyl halides is 5. The minimum atomic E-state index is -4.54. The van der Waals surface area contributed by atoms with E-state index in [9.17, 15) is 26.7 Å². The monoisotopic (exact) mass is 422 g/mol. The number of nitrogens with zero attached hydrogens (tertiary/aromatic N) is 4. The van der Waals surface area contributed by atoms with E-state index in [0.29, 0.717) is 16.8 Å². The molecular formula is C20H15F5N4O. The third-order valence-electron chi connectivity index (χ3n) is 4.93. The normalized spacial score (nSPS) is 16.8. The van der Waals surface area contributed by atoms with Crippen LogP contribution < -0.4 is 4.90 Å². The maximum absolute atomic E-state index is 13.8. The highest BCUT2D eigenvalue weighted by atomic mass is 19.4. The number of anilines is 1. The van der Waals surface area contributed by atoms with Crippen molar-refractivity contribution in [3.05, 3.63) is 65.7 Å². The summed E-state index contributed by atoms with van der Waals surface area (Å²) in [5, 5.41) is 4.01. The summed E-state index contributed by atoms with van der Waals surface area (Å²) in [6, 6.07) is 5.73. The lowest BCUT2D eigenvalue weighted by molar-refractivity contribution is -0.137. The minimum Gasteiger partial charge on any atom is -0.305 e. The maximum Gasteiger partial charge on any atom is 0.416 e. The van der Waals surface area contributed by atoms with Gasteiger partial charge in [-0.15, -0.1) is 0 Å². The SMILES string of the molecule is Cc1cc(-c2cnn3c2C(=O)N(c2ccc(C(F)(F)F)cc2)CC3C(F)F)ccn1. The summed E-state index contributed by atoms with van der Waals surface area (Å²) in [4.78, 5) is 18.3. The zero-order valence-electron chi connectivity index (χ0n) is 15.6. The molecule has 0 spiro atoms. The number of rotatable bonds is 3. The third-order valence-corrected chi connectivity index (χ3v) is 4.93. The van der Waals surface area contributed by atoms with E-state index in [1.54, 1.807) is 19.1 Å². The lowest BCUT2D eigenvalue weighted by atomic mass is 10.0. The van der Waals surface area contributed by atoms with Crippen LogP contribution in [0.5, 0.6) is 0 Å². The van der Waals surface area contributed by atoms with Gasteiger partial charge in [-0.3, -0.25) is 9.78 Å². The molecular weight excluding hydrogens is 407 g/mol. The average Bonchev–Trinajstić information content (AvgIpc) is 3.13. The van der Waals surface area contributed by atoms with Crippen molar-refractivity contribution in [3.8, 4) is 11.1 Å². The van der Waals surface area contributed by atoms with Crippen molar-refractivity contribution in [3.63, 3.8) is 0 Å². The van der Waals surface area contributed by atoms with Crippen molar-refractivity contribution in [2.75, 3.05) is 11.4 Å². The van der Waals surface area contributed by atoms with Crippen LogP contribution in [-0.4, -0.2) is 33.6 Å². The van der Waals surface area contributed by atoms with E-state index >= 15 is 0 Å². The number of aryl methyl sites for hydroxylation is 1. The summed E-state index contributed by atoms with van der Waals surface area (Å²) in [7, 11) is 0. The molecule has 156 valence electrons. The van der Waals surface area contributed by atoms with E-state index < -0.39 is 36.7 Å². The van der Waals surface area contributed by atoms with E-state index in [0.717, 1.165) is 33.8 Å². The fraction of sp³-hybridized carbons (Fsp3) is 0.250. The molecule has 0 aliphatic carbocycles. The van der Waals surface area contributed by atoms with Gasteiger partial charge in [0.05, 0.1) is 18.3 Å². The van der Waals surface area contributed by atoms with Crippen LogP contribution in [0.4, 0.5) is 27.6 Å². The number of hydrogen-bond donors (Lipinski definition) is 0. The van der Waals surface area contributed by atoms with E-state index in [-0.39, 0.29) is 11.4 Å². The molecule has 0 N–H and O–H groups in total.